The van der Waals surface area contributed by atoms with Crippen molar-refractivity contribution in [1.29, 1.82) is 0 Å². The van der Waals surface area contributed by atoms with Crippen molar-refractivity contribution < 1.29 is 17.8 Å². The average molecular weight is 310 g/mol. The fourth-order valence-electron chi connectivity index (χ4n) is 1.60. The van der Waals surface area contributed by atoms with Gasteiger partial charge in [-0.05, 0) is 32.6 Å². The van der Waals surface area contributed by atoms with Gasteiger partial charge in [-0.15, -0.1) is 0 Å². The highest BCUT2D eigenvalue weighted by molar-refractivity contribution is 7.65. The largest absolute Gasteiger partial charge is 0.511 e. The van der Waals surface area contributed by atoms with Gasteiger partial charge in [-0.25, -0.2) is 0 Å². The van der Waals surface area contributed by atoms with Crippen LogP contribution in [0.25, 0.3) is 0 Å². The molecule has 0 saturated carbocycles. The molecule has 0 aromatic heterocycles. The number of hydrogen-bond acceptors (Lipinski definition) is 4. The van der Waals surface area contributed by atoms with E-state index in [4.69, 9.17) is 13.3 Å². The molecule has 116 valence electrons. The summed E-state index contributed by atoms with van der Waals surface area (Å²) in [5.74, 6) is 0. The van der Waals surface area contributed by atoms with Gasteiger partial charge in [-0.1, -0.05) is 27.7 Å². The first-order chi connectivity index (χ1) is 8.84. The molecule has 4 nitrogen and oxygen atoms in total. The molecule has 0 N–H and O–H groups in total. The lowest BCUT2D eigenvalue weighted by atomic mass is 10.5. The highest BCUT2D eigenvalue weighted by Crippen LogP contribution is 2.47. The predicted molar refractivity (Wildman–Crippen MR) is 83.4 cm³/mol. The molecule has 0 aliphatic carbocycles. The van der Waals surface area contributed by atoms with Gasteiger partial charge >= 0.3 is 8.80 Å². The molecule has 0 aromatic carbocycles. The Balaban J connectivity index is 5.13. The molecule has 0 saturated heterocycles. The molecule has 0 heterocycles. The first kappa shape index (κ1) is 19.3. The monoisotopic (exact) mass is 310 g/mol. The standard InChI is InChI=1S/C13H31O4PSi/c1-7-10-15-19(16-11-8-2,17-12-9-3)13(4)18(5,6)14/h13H,7-12H2,1-6H3. The second kappa shape index (κ2) is 9.30. The third-order valence-electron chi connectivity index (χ3n) is 2.97. The van der Waals surface area contributed by atoms with Crippen LogP contribution in [0.4, 0.5) is 0 Å². The van der Waals surface area contributed by atoms with Gasteiger partial charge in [0.15, 0.2) is 0 Å². The molecule has 1 unspecified atom stereocenters. The molecule has 0 amide bonds. The molecule has 0 aliphatic rings. The lowest BCUT2D eigenvalue weighted by molar-refractivity contribution is 0.0579. The summed E-state index contributed by atoms with van der Waals surface area (Å²) in [7, 11) is -5.17. The quantitative estimate of drug-likeness (QED) is 0.430. The second-order valence-corrected chi connectivity index (χ2v) is 12.3. The van der Waals surface area contributed by atoms with Gasteiger partial charge in [0.1, 0.15) is 0 Å². The second-order valence-electron chi connectivity index (χ2n) is 5.26. The summed E-state index contributed by atoms with van der Waals surface area (Å²) in [6, 6.07) is 0. The molecule has 6 heteroatoms. The molecule has 19 heavy (non-hydrogen) atoms. The Labute approximate surface area is 119 Å². The Kier molecular flexibility index (Phi) is 9.46. The Morgan fingerprint density at radius 3 is 1.42 bits per heavy atom. The van der Waals surface area contributed by atoms with Gasteiger partial charge in [0, 0.05) is 19.8 Å². The normalized spacial score (nSPS) is 14.6. The third kappa shape index (κ3) is 6.54. The van der Waals surface area contributed by atoms with Gasteiger partial charge in [0.05, 0.1) is 12.4 Å². The molecule has 0 radical (unpaired) electrons. The van der Waals surface area contributed by atoms with Crippen molar-refractivity contribution in [3.05, 3.63) is 0 Å². The van der Waals surface area contributed by atoms with Crippen LogP contribution in [-0.2, 0) is 17.8 Å². The molecule has 0 rings (SSSR count). The maximum Gasteiger partial charge on any atom is 0.511 e. The van der Waals surface area contributed by atoms with Crippen molar-refractivity contribution in [1.82, 2.24) is 0 Å². The maximum atomic E-state index is 12.4. The van der Waals surface area contributed by atoms with Crippen molar-refractivity contribution in [2.24, 2.45) is 0 Å². The Bertz CT molecular complexity index is 258. The zero-order valence-corrected chi connectivity index (χ0v) is 15.3. The Morgan fingerprint density at radius 2 is 1.21 bits per heavy atom. The Morgan fingerprint density at radius 1 is 0.895 bits per heavy atom. The summed E-state index contributed by atoms with van der Waals surface area (Å²) in [5, 5.41) is -0.148. The van der Waals surface area contributed by atoms with Gasteiger partial charge < -0.3 is 17.8 Å². The highest BCUT2D eigenvalue weighted by atomic mass is 31.2. The summed E-state index contributed by atoms with van der Waals surface area (Å²) in [5.41, 5.74) is 0. The van der Waals surface area contributed by atoms with Crippen LogP contribution in [-0.4, -0.2) is 47.2 Å². The smallest absolute Gasteiger partial charge is 0.373 e. The number of rotatable bonds is 11. The first-order valence-corrected chi connectivity index (χ1v) is 11.8. The predicted octanol–water partition coefficient (Wildman–Crippen LogP) is 3.76. The molecular weight excluding hydrogens is 279 g/mol. The van der Waals surface area contributed by atoms with E-state index in [9.17, 15) is 4.57 Å². The van der Waals surface area contributed by atoms with Crippen molar-refractivity contribution in [3.8, 4) is 0 Å². The lowest BCUT2D eigenvalue weighted by Gasteiger charge is -2.35. The molecule has 0 fully saturated rings. The van der Waals surface area contributed by atoms with Crippen molar-refractivity contribution in [2.45, 2.75) is 52.2 Å². The minimum Gasteiger partial charge on any atom is -0.373 e. The summed E-state index contributed by atoms with van der Waals surface area (Å²) in [4.78, 5) is 0. The van der Waals surface area contributed by atoms with E-state index < -0.39 is 15.9 Å². The van der Waals surface area contributed by atoms with Crippen LogP contribution in [0, 0.1) is 0 Å². The van der Waals surface area contributed by atoms with E-state index in [0.29, 0.717) is 19.8 Å². The highest BCUT2D eigenvalue weighted by Gasteiger charge is 2.52. The lowest BCUT2D eigenvalue weighted by Crippen LogP contribution is -2.55. The summed E-state index contributed by atoms with van der Waals surface area (Å²) in [6.45, 7) is 13.5. The number of hydrogen-bond donors (Lipinski definition) is 0. The minimum atomic E-state index is -2.86. The van der Waals surface area contributed by atoms with E-state index in [1.165, 1.54) is 0 Å². The molecule has 0 aliphatic heterocycles. The maximum absolute atomic E-state index is 12.4. The summed E-state index contributed by atoms with van der Waals surface area (Å²) >= 11 is 0. The van der Waals surface area contributed by atoms with Crippen LogP contribution in [0.2, 0.25) is 0 Å². The first-order valence-electron chi connectivity index (χ1n) is 7.30. The van der Waals surface area contributed by atoms with Crippen LogP contribution in [0.3, 0.4) is 0 Å². The van der Waals surface area contributed by atoms with E-state index in [0.717, 1.165) is 19.3 Å². The van der Waals surface area contributed by atoms with Crippen molar-refractivity contribution in [3.63, 3.8) is 0 Å². The Hall–Kier alpha value is 0.327. The van der Waals surface area contributed by atoms with E-state index >= 15 is 0 Å². The molecule has 1 atom stereocenters. The van der Waals surface area contributed by atoms with Gasteiger partial charge in [-0.2, -0.15) is 0 Å². The summed E-state index contributed by atoms with van der Waals surface area (Å²) < 4.78 is 30.4. The fourth-order valence-corrected chi connectivity index (χ4v) is 7.76. The topological polar surface area (TPSA) is 44.8 Å². The van der Waals surface area contributed by atoms with Gasteiger partial charge in [0.2, 0.25) is 0 Å². The zero-order chi connectivity index (χ0) is 14.9. The average Bonchev–Trinajstić information content (AvgIpc) is 2.36. The molecule has 0 bridgehead atoms. The van der Waals surface area contributed by atoms with Crippen LogP contribution in [0.1, 0.15) is 47.0 Å². The SMILES string of the molecule is CCCO[Si](OCCC)(OCCC)C(C)P(C)(C)=O. The molecule has 0 aromatic rings. The van der Waals surface area contributed by atoms with E-state index in [1.807, 2.05) is 6.92 Å². The van der Waals surface area contributed by atoms with E-state index in [1.54, 1.807) is 13.3 Å². The fraction of sp³-hybridized carbons (Fsp3) is 1.00. The van der Waals surface area contributed by atoms with Crippen molar-refractivity contribution in [2.75, 3.05) is 33.2 Å². The van der Waals surface area contributed by atoms with E-state index in [2.05, 4.69) is 20.8 Å². The van der Waals surface area contributed by atoms with Crippen LogP contribution >= 0.6 is 7.14 Å². The summed E-state index contributed by atoms with van der Waals surface area (Å²) in [6.07, 6.45) is 2.72. The van der Waals surface area contributed by atoms with Gasteiger partial charge in [-0.3, -0.25) is 0 Å². The van der Waals surface area contributed by atoms with E-state index in [-0.39, 0.29) is 5.28 Å². The van der Waals surface area contributed by atoms with Crippen LogP contribution < -0.4 is 0 Å². The van der Waals surface area contributed by atoms with Crippen molar-refractivity contribution >= 4 is 15.9 Å². The molecule has 0 spiro atoms. The zero-order valence-electron chi connectivity index (χ0n) is 13.4. The third-order valence-corrected chi connectivity index (χ3v) is 10.5. The minimum absolute atomic E-state index is 0.148. The van der Waals surface area contributed by atoms with Crippen LogP contribution in [0.5, 0.6) is 0 Å². The molecular formula is C13H31O4PSi. The van der Waals surface area contributed by atoms with Gasteiger partial charge in [0.25, 0.3) is 0 Å². The van der Waals surface area contributed by atoms with Crippen LogP contribution in [0.15, 0.2) is 0 Å².